The van der Waals surface area contributed by atoms with Crippen LogP contribution in [0.2, 0.25) is 0 Å². The summed E-state index contributed by atoms with van der Waals surface area (Å²) >= 11 is 0. The molecule has 0 saturated carbocycles. The number of carbonyl (C=O) groups is 1. The van der Waals surface area contributed by atoms with Gasteiger partial charge in [0.05, 0.1) is 23.9 Å². The van der Waals surface area contributed by atoms with Crippen LogP contribution in [-0.4, -0.2) is 57.6 Å². The molecule has 1 unspecified atom stereocenters. The molecule has 1 aromatic rings. The number of likely N-dealkylation sites (tertiary alicyclic amines) is 1. The van der Waals surface area contributed by atoms with E-state index in [1.165, 1.54) is 0 Å². The minimum absolute atomic E-state index is 0.00924. The first-order valence-corrected chi connectivity index (χ1v) is 10.4. The van der Waals surface area contributed by atoms with Crippen LogP contribution in [0.4, 0.5) is 0 Å². The van der Waals surface area contributed by atoms with Crippen LogP contribution < -0.4 is 0 Å². The minimum atomic E-state index is -3.44. The number of benzene rings is 1. The number of sulfone groups is 1. The van der Waals surface area contributed by atoms with E-state index >= 15 is 0 Å². The Balaban J connectivity index is 1.55. The third-order valence-electron chi connectivity index (χ3n) is 4.81. The number of aryl methyl sites for hydroxylation is 1. The number of piperidine rings is 1. The van der Waals surface area contributed by atoms with E-state index in [4.69, 9.17) is 9.47 Å². The second-order valence-corrected chi connectivity index (χ2v) is 8.84. The summed E-state index contributed by atoms with van der Waals surface area (Å²) < 4.78 is 35.9. The van der Waals surface area contributed by atoms with Crippen molar-refractivity contribution in [2.45, 2.75) is 37.4 Å². The molecule has 25 heavy (non-hydrogen) atoms. The van der Waals surface area contributed by atoms with Crippen LogP contribution in [0.3, 0.4) is 0 Å². The molecule has 0 spiro atoms. The van der Waals surface area contributed by atoms with Crippen molar-refractivity contribution in [2.75, 3.05) is 32.1 Å². The molecule has 2 fully saturated rings. The van der Waals surface area contributed by atoms with Crippen molar-refractivity contribution in [1.82, 2.24) is 4.90 Å². The standard InChI is InChI=1S/C18H25NO5S/c1-14-4-6-16(7-5-14)25(21,22)12-8-17(20)19-9-2-3-15(13-19)18-23-10-11-24-18/h4-7,15,18H,2-3,8-13H2,1H3. The third-order valence-corrected chi connectivity index (χ3v) is 6.54. The first-order chi connectivity index (χ1) is 12.0. The molecule has 138 valence electrons. The third kappa shape index (κ3) is 4.59. The summed E-state index contributed by atoms with van der Waals surface area (Å²) in [6.07, 6.45) is 1.64. The maximum Gasteiger partial charge on any atom is 0.223 e. The Labute approximate surface area is 149 Å². The van der Waals surface area contributed by atoms with Crippen LogP contribution in [-0.2, 0) is 24.1 Å². The number of ether oxygens (including phenoxy) is 2. The number of rotatable bonds is 5. The van der Waals surface area contributed by atoms with Gasteiger partial charge in [0.15, 0.2) is 16.1 Å². The van der Waals surface area contributed by atoms with Gasteiger partial charge in [0.2, 0.25) is 5.91 Å². The second-order valence-electron chi connectivity index (χ2n) is 6.73. The average Bonchev–Trinajstić information content (AvgIpc) is 3.15. The van der Waals surface area contributed by atoms with Gasteiger partial charge in [0, 0.05) is 25.4 Å². The average molecular weight is 367 g/mol. The van der Waals surface area contributed by atoms with E-state index in [1.807, 2.05) is 6.92 Å². The SMILES string of the molecule is Cc1ccc(S(=O)(=O)CCC(=O)N2CCCC(C3OCCO3)C2)cc1. The Morgan fingerprint density at radius 1 is 1.20 bits per heavy atom. The van der Waals surface area contributed by atoms with E-state index in [-0.39, 0.29) is 35.2 Å². The Bertz CT molecular complexity index is 695. The molecule has 6 nitrogen and oxygen atoms in total. The lowest BCUT2D eigenvalue weighted by Gasteiger charge is -2.34. The van der Waals surface area contributed by atoms with E-state index < -0.39 is 9.84 Å². The zero-order chi connectivity index (χ0) is 17.9. The molecule has 1 amide bonds. The maximum absolute atomic E-state index is 12.5. The number of hydrogen-bond acceptors (Lipinski definition) is 5. The molecule has 0 aliphatic carbocycles. The van der Waals surface area contributed by atoms with Crippen molar-refractivity contribution in [3.8, 4) is 0 Å². The van der Waals surface area contributed by atoms with Crippen molar-refractivity contribution >= 4 is 15.7 Å². The van der Waals surface area contributed by atoms with Gasteiger partial charge in [-0.3, -0.25) is 4.79 Å². The molecular weight excluding hydrogens is 342 g/mol. The highest BCUT2D eigenvalue weighted by molar-refractivity contribution is 7.91. The van der Waals surface area contributed by atoms with Gasteiger partial charge in [-0.05, 0) is 31.9 Å². The highest BCUT2D eigenvalue weighted by Gasteiger charge is 2.33. The highest BCUT2D eigenvalue weighted by atomic mass is 32.2. The molecule has 1 atom stereocenters. The van der Waals surface area contributed by atoms with Gasteiger partial charge in [-0.1, -0.05) is 17.7 Å². The molecule has 0 N–H and O–H groups in total. The van der Waals surface area contributed by atoms with E-state index in [9.17, 15) is 13.2 Å². The van der Waals surface area contributed by atoms with Crippen molar-refractivity contribution in [1.29, 1.82) is 0 Å². The molecule has 3 rings (SSSR count). The molecule has 2 aliphatic heterocycles. The normalized spacial score (nSPS) is 22.3. The van der Waals surface area contributed by atoms with Crippen LogP contribution in [0.5, 0.6) is 0 Å². The minimum Gasteiger partial charge on any atom is -0.350 e. The van der Waals surface area contributed by atoms with E-state index in [2.05, 4.69) is 0 Å². The summed E-state index contributed by atoms with van der Waals surface area (Å²) in [6, 6.07) is 6.73. The molecule has 0 bridgehead atoms. The predicted molar refractivity (Wildman–Crippen MR) is 92.8 cm³/mol. The van der Waals surface area contributed by atoms with Gasteiger partial charge < -0.3 is 14.4 Å². The number of nitrogens with zero attached hydrogens (tertiary/aromatic N) is 1. The molecule has 0 radical (unpaired) electrons. The smallest absolute Gasteiger partial charge is 0.223 e. The molecule has 0 aromatic heterocycles. The Morgan fingerprint density at radius 3 is 2.56 bits per heavy atom. The quantitative estimate of drug-likeness (QED) is 0.793. The largest absolute Gasteiger partial charge is 0.350 e. The first kappa shape index (κ1) is 18.4. The summed E-state index contributed by atoms with van der Waals surface area (Å²) in [5.74, 6) is -0.0979. The summed E-state index contributed by atoms with van der Waals surface area (Å²) in [5, 5.41) is 0. The summed E-state index contributed by atoms with van der Waals surface area (Å²) in [4.78, 5) is 14.5. The van der Waals surface area contributed by atoms with Gasteiger partial charge in [0.1, 0.15) is 0 Å². The Hall–Kier alpha value is -1.44. The monoisotopic (exact) mass is 367 g/mol. The van der Waals surface area contributed by atoms with Crippen molar-refractivity contribution < 1.29 is 22.7 Å². The zero-order valence-corrected chi connectivity index (χ0v) is 15.3. The van der Waals surface area contributed by atoms with Crippen LogP contribution >= 0.6 is 0 Å². The van der Waals surface area contributed by atoms with Gasteiger partial charge in [0.25, 0.3) is 0 Å². The van der Waals surface area contributed by atoms with Crippen molar-refractivity contribution in [3.63, 3.8) is 0 Å². The van der Waals surface area contributed by atoms with Gasteiger partial charge in [-0.2, -0.15) is 0 Å². The molecule has 1 aromatic carbocycles. The Morgan fingerprint density at radius 2 is 1.88 bits per heavy atom. The topological polar surface area (TPSA) is 72.9 Å². The highest BCUT2D eigenvalue weighted by Crippen LogP contribution is 2.25. The number of amides is 1. The van der Waals surface area contributed by atoms with Crippen LogP contribution in [0.1, 0.15) is 24.8 Å². The molecule has 2 saturated heterocycles. The number of carbonyl (C=O) groups excluding carboxylic acids is 1. The predicted octanol–water partition coefficient (Wildman–Crippen LogP) is 1.77. The van der Waals surface area contributed by atoms with E-state index in [0.717, 1.165) is 18.4 Å². The molecule has 7 heteroatoms. The fourth-order valence-corrected chi connectivity index (χ4v) is 4.58. The van der Waals surface area contributed by atoms with Crippen LogP contribution in [0.15, 0.2) is 29.2 Å². The second kappa shape index (κ2) is 7.85. The number of hydrogen-bond donors (Lipinski definition) is 0. The van der Waals surface area contributed by atoms with E-state index in [1.54, 1.807) is 29.2 Å². The fraction of sp³-hybridized carbons (Fsp3) is 0.611. The Kier molecular flexibility index (Phi) is 5.76. The lowest BCUT2D eigenvalue weighted by Crippen LogP contribution is -2.44. The molecular formula is C18H25NO5S. The summed E-state index contributed by atoms with van der Waals surface area (Å²) in [6.45, 7) is 4.36. The summed E-state index contributed by atoms with van der Waals surface area (Å²) in [7, 11) is -3.44. The van der Waals surface area contributed by atoms with Crippen molar-refractivity contribution in [2.24, 2.45) is 5.92 Å². The van der Waals surface area contributed by atoms with Gasteiger partial charge in [-0.25, -0.2) is 8.42 Å². The van der Waals surface area contributed by atoms with Crippen LogP contribution in [0.25, 0.3) is 0 Å². The van der Waals surface area contributed by atoms with Gasteiger partial charge in [-0.15, -0.1) is 0 Å². The lowest BCUT2D eigenvalue weighted by atomic mass is 9.97. The van der Waals surface area contributed by atoms with Gasteiger partial charge >= 0.3 is 0 Å². The van der Waals surface area contributed by atoms with Crippen molar-refractivity contribution in [3.05, 3.63) is 29.8 Å². The fourth-order valence-electron chi connectivity index (χ4n) is 3.35. The van der Waals surface area contributed by atoms with Crippen LogP contribution in [0, 0.1) is 12.8 Å². The molecule has 2 aliphatic rings. The molecule has 2 heterocycles. The zero-order valence-electron chi connectivity index (χ0n) is 14.5. The summed E-state index contributed by atoms with van der Waals surface area (Å²) in [5.41, 5.74) is 1.01. The maximum atomic E-state index is 12.5. The lowest BCUT2D eigenvalue weighted by molar-refractivity contribution is -0.138. The van der Waals surface area contributed by atoms with E-state index in [0.29, 0.717) is 26.3 Å². The first-order valence-electron chi connectivity index (χ1n) is 8.76.